The minimum Gasteiger partial charge on any atom is -0.363 e. The lowest BCUT2D eigenvalue weighted by Gasteiger charge is -2.45. The van der Waals surface area contributed by atoms with Crippen molar-refractivity contribution < 1.29 is 27.9 Å². The lowest BCUT2D eigenvalue weighted by atomic mass is 9.77. The van der Waals surface area contributed by atoms with E-state index < -0.39 is 35.7 Å². The second-order valence-corrected chi connectivity index (χ2v) is 7.37. The molecule has 2 amide bonds. The van der Waals surface area contributed by atoms with Crippen LogP contribution in [0.5, 0.6) is 0 Å². The molecule has 29 heavy (non-hydrogen) atoms. The average Bonchev–Trinajstić information content (AvgIpc) is 2.67. The molecule has 1 heterocycles. The van der Waals surface area contributed by atoms with E-state index in [4.69, 9.17) is 0 Å². The highest BCUT2D eigenvalue weighted by Crippen LogP contribution is 2.44. The maximum Gasteiger partial charge on any atom is 0.437 e. The van der Waals surface area contributed by atoms with E-state index in [9.17, 15) is 27.9 Å². The van der Waals surface area contributed by atoms with Crippen LogP contribution in [0.15, 0.2) is 54.6 Å². The third kappa shape index (κ3) is 3.85. The molecule has 3 rings (SSSR count). The number of rotatable bonds is 4. The second-order valence-electron chi connectivity index (χ2n) is 7.37. The molecule has 0 aromatic heterocycles. The predicted molar refractivity (Wildman–Crippen MR) is 100 cm³/mol. The van der Waals surface area contributed by atoms with Gasteiger partial charge in [-0.3, -0.25) is 4.79 Å². The molecular formula is C21H21F3N2O3. The van der Waals surface area contributed by atoms with Gasteiger partial charge in [0, 0.05) is 5.56 Å². The van der Waals surface area contributed by atoms with Crippen LogP contribution in [0.25, 0.3) is 0 Å². The van der Waals surface area contributed by atoms with Gasteiger partial charge in [-0.15, -0.1) is 0 Å². The van der Waals surface area contributed by atoms with Crippen molar-refractivity contribution in [3.8, 4) is 0 Å². The maximum atomic E-state index is 13.8. The fourth-order valence-corrected chi connectivity index (χ4v) is 3.49. The van der Waals surface area contributed by atoms with Gasteiger partial charge in [-0.25, -0.2) is 4.79 Å². The Morgan fingerprint density at radius 2 is 1.66 bits per heavy atom. The van der Waals surface area contributed by atoms with Gasteiger partial charge in [-0.2, -0.15) is 13.2 Å². The van der Waals surface area contributed by atoms with E-state index in [2.05, 4.69) is 5.32 Å². The minimum absolute atomic E-state index is 0.00178. The first-order valence-corrected chi connectivity index (χ1v) is 9.11. The molecule has 3 atom stereocenters. The summed E-state index contributed by atoms with van der Waals surface area (Å²) in [5.74, 6) is -2.76. The first-order chi connectivity index (χ1) is 13.5. The van der Waals surface area contributed by atoms with Gasteiger partial charge in [0.25, 0.3) is 0 Å². The lowest BCUT2D eigenvalue weighted by molar-refractivity contribution is -0.287. The fourth-order valence-electron chi connectivity index (χ4n) is 3.49. The highest BCUT2D eigenvalue weighted by Gasteiger charge is 2.66. The average molecular weight is 406 g/mol. The number of benzene rings is 2. The van der Waals surface area contributed by atoms with Crippen molar-refractivity contribution in [3.05, 3.63) is 71.3 Å². The Balaban J connectivity index is 2.13. The van der Waals surface area contributed by atoms with Gasteiger partial charge >= 0.3 is 12.2 Å². The van der Waals surface area contributed by atoms with Crippen LogP contribution in [-0.2, 0) is 0 Å². The van der Waals surface area contributed by atoms with Gasteiger partial charge in [-0.05, 0) is 17.0 Å². The zero-order valence-electron chi connectivity index (χ0n) is 15.8. The molecular weight excluding hydrogens is 385 g/mol. The second kappa shape index (κ2) is 7.51. The third-order valence-electron chi connectivity index (χ3n) is 5.11. The van der Waals surface area contributed by atoms with Crippen LogP contribution < -0.4 is 10.6 Å². The number of nitrogens with one attached hydrogen (secondary N) is 2. The molecule has 1 saturated heterocycles. The number of aliphatic hydroxyl groups is 1. The van der Waals surface area contributed by atoms with Gasteiger partial charge in [0.15, 0.2) is 5.78 Å². The van der Waals surface area contributed by atoms with E-state index in [0.29, 0.717) is 5.56 Å². The summed E-state index contributed by atoms with van der Waals surface area (Å²) in [5.41, 5.74) is -2.47. The van der Waals surface area contributed by atoms with Crippen molar-refractivity contribution in [2.75, 3.05) is 0 Å². The standard InChI is InChI=1S/C21H21F3N2O3/c1-12(2)13-8-10-14(11-9-13)17-16(18(27)15-6-4-3-5-7-15)20(29,21(22,23)24)26-19(28)25-17/h3-12,16-17,29H,1-2H3,(H2,25,26,28). The molecule has 0 saturated carbocycles. The molecule has 8 heteroatoms. The predicted octanol–water partition coefficient (Wildman–Crippen LogP) is 3.91. The zero-order valence-corrected chi connectivity index (χ0v) is 15.8. The molecule has 3 unspecified atom stereocenters. The molecule has 0 aliphatic carbocycles. The summed E-state index contributed by atoms with van der Waals surface area (Å²) < 4.78 is 41.5. The number of urea groups is 1. The van der Waals surface area contributed by atoms with Crippen LogP contribution in [0.3, 0.4) is 0 Å². The molecule has 2 aromatic rings. The van der Waals surface area contributed by atoms with E-state index in [1.54, 1.807) is 30.3 Å². The Kier molecular flexibility index (Phi) is 5.40. The number of halogens is 3. The number of amides is 2. The summed E-state index contributed by atoms with van der Waals surface area (Å²) in [6.07, 6.45) is -5.27. The summed E-state index contributed by atoms with van der Waals surface area (Å²) in [6.45, 7) is 3.93. The molecule has 3 N–H and O–H groups in total. The Bertz CT molecular complexity index is 898. The molecule has 0 spiro atoms. The van der Waals surface area contributed by atoms with Crippen molar-refractivity contribution >= 4 is 11.8 Å². The molecule has 2 aromatic carbocycles. The normalized spacial score (nSPS) is 24.7. The number of hydrogen-bond acceptors (Lipinski definition) is 3. The molecule has 1 aliphatic rings. The van der Waals surface area contributed by atoms with Crippen LogP contribution in [0.1, 0.15) is 47.3 Å². The Morgan fingerprint density at radius 3 is 2.17 bits per heavy atom. The van der Waals surface area contributed by atoms with Crippen LogP contribution in [0.2, 0.25) is 0 Å². The van der Waals surface area contributed by atoms with E-state index in [0.717, 1.165) is 5.56 Å². The van der Waals surface area contributed by atoms with E-state index >= 15 is 0 Å². The number of ketones is 1. The quantitative estimate of drug-likeness (QED) is 0.674. The Hall–Kier alpha value is -2.87. The Morgan fingerprint density at radius 1 is 1.07 bits per heavy atom. The monoisotopic (exact) mass is 406 g/mol. The van der Waals surface area contributed by atoms with Gasteiger partial charge < -0.3 is 15.7 Å². The van der Waals surface area contributed by atoms with Crippen LogP contribution in [0.4, 0.5) is 18.0 Å². The summed E-state index contributed by atoms with van der Waals surface area (Å²) in [5, 5.41) is 14.4. The smallest absolute Gasteiger partial charge is 0.363 e. The number of Topliss-reactive ketones (excluding diaryl/α,β-unsaturated/α-hetero) is 1. The number of hydrogen-bond donors (Lipinski definition) is 3. The third-order valence-corrected chi connectivity index (χ3v) is 5.11. The first-order valence-electron chi connectivity index (χ1n) is 9.11. The van der Waals surface area contributed by atoms with E-state index in [-0.39, 0.29) is 11.5 Å². The molecule has 1 fully saturated rings. The summed E-state index contributed by atoms with van der Waals surface area (Å²) >= 11 is 0. The Labute approximate surface area is 165 Å². The number of alkyl halides is 3. The van der Waals surface area contributed by atoms with Gasteiger partial charge in [0.05, 0.1) is 6.04 Å². The maximum absolute atomic E-state index is 13.8. The van der Waals surface area contributed by atoms with Crippen molar-refractivity contribution in [1.29, 1.82) is 0 Å². The van der Waals surface area contributed by atoms with Crippen molar-refractivity contribution in [3.63, 3.8) is 0 Å². The van der Waals surface area contributed by atoms with Crippen LogP contribution in [0, 0.1) is 5.92 Å². The molecule has 154 valence electrons. The molecule has 1 aliphatic heterocycles. The largest absolute Gasteiger partial charge is 0.437 e. The first kappa shape index (κ1) is 20.9. The summed E-state index contributed by atoms with van der Waals surface area (Å²) in [4.78, 5) is 25.1. The van der Waals surface area contributed by atoms with Crippen LogP contribution in [-0.4, -0.2) is 28.8 Å². The van der Waals surface area contributed by atoms with E-state index in [1.165, 1.54) is 29.6 Å². The molecule has 5 nitrogen and oxygen atoms in total. The number of carbonyl (C=O) groups is 2. The molecule has 0 bridgehead atoms. The topological polar surface area (TPSA) is 78.4 Å². The van der Waals surface area contributed by atoms with Crippen LogP contribution >= 0.6 is 0 Å². The van der Waals surface area contributed by atoms with E-state index in [1.807, 2.05) is 13.8 Å². The van der Waals surface area contributed by atoms with Crippen molar-refractivity contribution in [2.24, 2.45) is 5.92 Å². The zero-order chi connectivity index (χ0) is 21.4. The minimum atomic E-state index is -5.27. The molecule has 0 radical (unpaired) electrons. The van der Waals surface area contributed by atoms with Gasteiger partial charge in [0.1, 0.15) is 5.92 Å². The SMILES string of the molecule is CC(C)c1ccc(C2NC(=O)NC(O)(C(F)(F)F)C2C(=O)c2ccccc2)cc1. The number of carbonyl (C=O) groups excluding carboxylic acids is 2. The highest BCUT2D eigenvalue weighted by molar-refractivity contribution is 6.00. The fraction of sp³-hybridized carbons (Fsp3) is 0.333. The lowest BCUT2D eigenvalue weighted by Crippen LogP contribution is -2.72. The summed E-state index contributed by atoms with van der Waals surface area (Å²) in [6, 6.07) is 11.4. The highest BCUT2D eigenvalue weighted by atomic mass is 19.4. The van der Waals surface area contributed by atoms with Crippen molar-refractivity contribution in [1.82, 2.24) is 10.6 Å². The summed E-state index contributed by atoms with van der Waals surface area (Å²) in [7, 11) is 0. The van der Waals surface area contributed by atoms with Crippen molar-refractivity contribution in [2.45, 2.75) is 37.7 Å². The van der Waals surface area contributed by atoms with Gasteiger partial charge in [0.2, 0.25) is 5.72 Å². The van der Waals surface area contributed by atoms with Gasteiger partial charge in [-0.1, -0.05) is 68.4 Å².